The fourth-order valence-electron chi connectivity index (χ4n) is 4.06. The van der Waals surface area contributed by atoms with Gasteiger partial charge >= 0.3 is 16.4 Å². The number of likely N-dealkylation sites (N-methyl/N-ethyl adjacent to an activating group) is 1. The highest BCUT2D eigenvalue weighted by atomic mass is 32.3. The number of carbonyl (C=O) groups is 2. The monoisotopic (exact) mass is 464 g/mol. The molecule has 4 N–H and O–H groups in total. The summed E-state index contributed by atoms with van der Waals surface area (Å²) in [5, 5.41) is 7.10. The van der Waals surface area contributed by atoms with Crippen LogP contribution >= 0.6 is 0 Å². The van der Waals surface area contributed by atoms with Crippen molar-refractivity contribution in [1.29, 1.82) is 0 Å². The number of piperidine rings is 1. The number of nitrogens with one attached hydrogen (secondary N) is 3. The Hall–Kier alpha value is -1.55. The molecule has 14 heteroatoms. The molecule has 4 aliphatic heterocycles. The molecule has 3 amide bonds. The highest BCUT2D eigenvalue weighted by molar-refractivity contribution is 7.80. The second-order valence-corrected chi connectivity index (χ2v) is 9.14. The molecule has 4 rings (SSSR count). The van der Waals surface area contributed by atoms with Gasteiger partial charge in [-0.1, -0.05) is 0 Å². The standard InChI is InChI=1S/C12H20N4O7S.C5H12N2/c17-11(14-22-7-8-2-1-5-13-8)10-4-3-9-6-15(10)12(18)16(9)23-24(19,20)21;1-7-4-2-6-3-5-7/h8-10,13H,1-7H2,(H,14,17)(H,19,20,21);6H,2-5H2,1H3/t8-,9?,10+;/m1./s1. The van der Waals surface area contributed by atoms with Crippen LogP contribution in [0.1, 0.15) is 25.7 Å². The van der Waals surface area contributed by atoms with Crippen molar-refractivity contribution in [3.05, 3.63) is 0 Å². The first kappa shape index (κ1) is 24.1. The zero-order valence-electron chi connectivity index (χ0n) is 17.7. The SMILES string of the molecule is CN1CCNCC1.O=C(NOC[C@H]1CCCN1)[C@@H]1CCC2CN1C(=O)N2OS(=O)(=O)O. The predicted molar refractivity (Wildman–Crippen MR) is 109 cm³/mol. The molecule has 4 fully saturated rings. The van der Waals surface area contributed by atoms with Gasteiger partial charge in [-0.2, -0.15) is 13.5 Å². The van der Waals surface area contributed by atoms with Gasteiger partial charge in [-0.25, -0.2) is 10.3 Å². The third-order valence-electron chi connectivity index (χ3n) is 5.76. The van der Waals surface area contributed by atoms with Crippen molar-refractivity contribution in [1.82, 2.24) is 31.0 Å². The van der Waals surface area contributed by atoms with Crippen molar-refractivity contribution >= 4 is 22.3 Å². The Balaban J connectivity index is 0.000000330. The molecule has 31 heavy (non-hydrogen) atoms. The average Bonchev–Trinajstić information content (AvgIpc) is 3.32. The predicted octanol–water partition coefficient (Wildman–Crippen LogP) is -1.69. The largest absolute Gasteiger partial charge is 0.418 e. The van der Waals surface area contributed by atoms with E-state index in [9.17, 15) is 18.0 Å². The van der Waals surface area contributed by atoms with Crippen molar-refractivity contribution in [2.45, 2.75) is 43.8 Å². The molecule has 4 aliphatic rings. The quantitative estimate of drug-likeness (QED) is 0.265. The van der Waals surface area contributed by atoms with Gasteiger partial charge in [0.15, 0.2) is 0 Å². The summed E-state index contributed by atoms with van der Waals surface area (Å²) in [6.07, 6.45) is 2.77. The molecule has 4 saturated heterocycles. The van der Waals surface area contributed by atoms with Gasteiger partial charge in [-0.15, -0.1) is 4.28 Å². The molecule has 0 aliphatic carbocycles. The van der Waals surface area contributed by atoms with E-state index in [4.69, 9.17) is 9.39 Å². The minimum absolute atomic E-state index is 0.149. The van der Waals surface area contributed by atoms with E-state index in [1.807, 2.05) is 0 Å². The third-order valence-corrected chi connectivity index (χ3v) is 6.11. The van der Waals surface area contributed by atoms with E-state index in [0.717, 1.165) is 32.5 Å². The molecular formula is C17H32N6O7S. The summed E-state index contributed by atoms with van der Waals surface area (Å²) in [5.74, 6) is -0.464. The number of fused-ring (bicyclic) bond motifs is 2. The minimum Gasteiger partial charge on any atom is -0.314 e. The highest BCUT2D eigenvalue weighted by Gasteiger charge is 2.49. The molecule has 178 valence electrons. The summed E-state index contributed by atoms with van der Waals surface area (Å²) in [6, 6.07) is -1.85. The van der Waals surface area contributed by atoms with Crippen molar-refractivity contribution < 1.29 is 31.7 Å². The van der Waals surface area contributed by atoms with E-state index in [1.54, 1.807) is 0 Å². The second kappa shape index (κ2) is 10.8. The maximum Gasteiger partial charge on any atom is 0.418 e. The lowest BCUT2D eigenvalue weighted by Gasteiger charge is -2.29. The normalized spacial score (nSPS) is 29.0. The summed E-state index contributed by atoms with van der Waals surface area (Å²) >= 11 is 0. The second-order valence-electron chi connectivity index (χ2n) is 8.13. The Morgan fingerprint density at radius 2 is 1.97 bits per heavy atom. The summed E-state index contributed by atoms with van der Waals surface area (Å²) in [7, 11) is -2.64. The number of hydrogen-bond donors (Lipinski definition) is 4. The number of hydrogen-bond acceptors (Lipinski definition) is 9. The number of amides is 3. The van der Waals surface area contributed by atoms with Gasteiger partial charge in [0.1, 0.15) is 6.04 Å². The van der Waals surface area contributed by atoms with Crippen molar-refractivity contribution in [2.24, 2.45) is 0 Å². The van der Waals surface area contributed by atoms with Gasteiger partial charge < -0.3 is 20.4 Å². The molecular weight excluding hydrogens is 432 g/mol. The first-order chi connectivity index (χ1) is 14.7. The number of hydroxylamine groups is 3. The number of piperazine rings is 1. The Morgan fingerprint density at radius 1 is 1.23 bits per heavy atom. The molecule has 13 nitrogen and oxygen atoms in total. The fourth-order valence-corrected chi connectivity index (χ4v) is 4.45. The first-order valence-electron chi connectivity index (χ1n) is 10.6. The van der Waals surface area contributed by atoms with Gasteiger partial charge in [0.05, 0.1) is 12.6 Å². The molecule has 1 unspecified atom stereocenters. The molecule has 0 radical (unpaired) electrons. The van der Waals surface area contributed by atoms with Gasteiger partial charge in [0.25, 0.3) is 5.91 Å². The molecule has 3 atom stereocenters. The zero-order chi connectivity index (χ0) is 22.4. The molecule has 0 aromatic carbocycles. The molecule has 0 aromatic rings. The maximum atomic E-state index is 12.2. The van der Waals surface area contributed by atoms with Crippen LogP contribution < -0.4 is 16.1 Å². The van der Waals surface area contributed by atoms with Crippen LogP contribution in [0.5, 0.6) is 0 Å². The van der Waals surface area contributed by atoms with Crippen molar-refractivity contribution in [2.75, 3.05) is 52.9 Å². The van der Waals surface area contributed by atoms with Gasteiger partial charge in [-0.3, -0.25) is 14.2 Å². The summed E-state index contributed by atoms with van der Waals surface area (Å²) in [6.45, 7) is 6.16. The fraction of sp³-hybridized carbons (Fsp3) is 0.882. The lowest BCUT2D eigenvalue weighted by Crippen LogP contribution is -2.50. The average molecular weight is 465 g/mol. The van der Waals surface area contributed by atoms with E-state index in [2.05, 4.69) is 32.3 Å². The van der Waals surface area contributed by atoms with E-state index >= 15 is 0 Å². The third kappa shape index (κ3) is 6.97. The minimum atomic E-state index is -4.79. The first-order valence-corrected chi connectivity index (χ1v) is 11.9. The molecule has 2 bridgehead atoms. The summed E-state index contributed by atoms with van der Waals surface area (Å²) in [5.41, 5.74) is 2.35. The van der Waals surface area contributed by atoms with Crippen LogP contribution in [-0.4, -0.2) is 111 Å². The lowest BCUT2D eigenvalue weighted by atomic mass is 10.0. The van der Waals surface area contributed by atoms with Gasteiger partial charge in [0.2, 0.25) is 0 Å². The van der Waals surface area contributed by atoms with Crippen molar-refractivity contribution in [3.63, 3.8) is 0 Å². The van der Waals surface area contributed by atoms with Gasteiger partial charge in [-0.05, 0) is 39.3 Å². The van der Waals surface area contributed by atoms with Crippen LogP contribution in [0.4, 0.5) is 4.79 Å². The number of nitrogens with zero attached hydrogens (tertiary/aromatic N) is 3. The maximum absolute atomic E-state index is 12.2. The van der Waals surface area contributed by atoms with E-state index in [0.29, 0.717) is 24.5 Å². The molecule has 4 heterocycles. The van der Waals surface area contributed by atoms with Crippen LogP contribution in [-0.2, 0) is 24.3 Å². The molecule has 0 aromatic heterocycles. The number of carbonyl (C=O) groups excluding carboxylic acids is 2. The Kier molecular flexibility index (Phi) is 8.43. The van der Waals surface area contributed by atoms with Crippen molar-refractivity contribution in [3.8, 4) is 0 Å². The Bertz CT molecular complexity index is 726. The van der Waals surface area contributed by atoms with E-state index in [-0.39, 0.29) is 12.6 Å². The van der Waals surface area contributed by atoms with E-state index < -0.39 is 34.4 Å². The highest BCUT2D eigenvalue weighted by Crippen LogP contribution is 2.30. The topological polar surface area (TPSA) is 153 Å². The van der Waals surface area contributed by atoms with Crippen LogP contribution in [0.3, 0.4) is 0 Å². The smallest absolute Gasteiger partial charge is 0.314 e. The summed E-state index contributed by atoms with van der Waals surface area (Å²) < 4.78 is 34.7. The lowest BCUT2D eigenvalue weighted by molar-refractivity contribution is -0.139. The zero-order valence-corrected chi connectivity index (χ0v) is 18.5. The Labute approximate surface area is 182 Å². The van der Waals surface area contributed by atoms with Crippen LogP contribution in [0, 0.1) is 0 Å². The number of rotatable bonds is 6. The van der Waals surface area contributed by atoms with Gasteiger partial charge in [0, 0.05) is 38.8 Å². The number of urea groups is 1. The van der Waals surface area contributed by atoms with Crippen LogP contribution in [0.2, 0.25) is 0 Å². The van der Waals surface area contributed by atoms with Crippen LogP contribution in [0.25, 0.3) is 0 Å². The van der Waals surface area contributed by atoms with Crippen LogP contribution in [0.15, 0.2) is 0 Å². The molecule has 0 saturated carbocycles. The molecule has 0 spiro atoms. The Morgan fingerprint density at radius 3 is 2.55 bits per heavy atom. The van der Waals surface area contributed by atoms with E-state index in [1.165, 1.54) is 18.0 Å². The summed E-state index contributed by atoms with van der Waals surface area (Å²) in [4.78, 5) is 33.1.